The van der Waals surface area contributed by atoms with Gasteiger partial charge in [0.05, 0.1) is 50.9 Å². The van der Waals surface area contributed by atoms with E-state index in [2.05, 4.69) is 61.9 Å². The number of hydrogen-bond acceptors (Lipinski definition) is 7. The SMILES string of the molecule is NC(=Nc1ccc2c(c1)C(=O)Nc1ccccc1N2)SCc1ccc2ccccc2c1.NC(=S)Nc1ccc2c(c1)C(=O)Nc1ccccc1N2. The summed E-state index contributed by atoms with van der Waals surface area (Å²) in [7, 11) is 0. The highest BCUT2D eigenvalue weighted by molar-refractivity contribution is 8.13. The molecule has 252 valence electrons. The summed E-state index contributed by atoms with van der Waals surface area (Å²) in [5.74, 6) is 0.374. The van der Waals surface area contributed by atoms with Gasteiger partial charge in [-0.25, -0.2) is 4.99 Å². The maximum absolute atomic E-state index is 12.7. The lowest BCUT2D eigenvalue weighted by molar-refractivity contribution is 0.102. The first-order valence-corrected chi connectivity index (χ1v) is 17.3. The molecular formula is C39H32N8O2S2. The van der Waals surface area contributed by atoms with Gasteiger partial charge in [-0.1, -0.05) is 78.5 Å². The monoisotopic (exact) mass is 708 g/mol. The molecule has 0 fully saturated rings. The molecule has 8 rings (SSSR count). The van der Waals surface area contributed by atoms with E-state index in [-0.39, 0.29) is 16.9 Å². The molecule has 51 heavy (non-hydrogen) atoms. The number of para-hydroxylation sites is 4. The van der Waals surface area contributed by atoms with Gasteiger partial charge in [-0.3, -0.25) is 9.59 Å². The van der Waals surface area contributed by atoms with E-state index in [9.17, 15) is 9.59 Å². The van der Waals surface area contributed by atoms with Crippen molar-refractivity contribution in [1.82, 2.24) is 0 Å². The number of hydrogen-bond donors (Lipinski definition) is 7. The maximum atomic E-state index is 12.7. The van der Waals surface area contributed by atoms with E-state index in [0.29, 0.717) is 27.7 Å². The van der Waals surface area contributed by atoms with Crippen molar-refractivity contribution in [1.29, 1.82) is 0 Å². The minimum Gasteiger partial charge on any atom is -0.378 e. The number of nitrogens with one attached hydrogen (secondary N) is 5. The molecule has 0 bridgehead atoms. The van der Waals surface area contributed by atoms with Gasteiger partial charge in [-0.15, -0.1) is 0 Å². The largest absolute Gasteiger partial charge is 0.378 e. The molecule has 2 heterocycles. The molecule has 6 aromatic rings. The standard InChI is InChI=1S/C25H20N4OS.C14H12N4OS/c26-25(31-15-16-9-10-17-5-1-2-6-18(17)13-16)27-19-11-12-21-20(14-19)24(30)29-23-8-4-3-7-22(23)28-21;15-14(20)16-8-5-6-10-9(7-8)13(19)18-12-4-2-1-3-11(12)17-10/h1-14,28H,15H2,(H2,26,27)(H,29,30);1-7,17H,(H,18,19)(H3,15,16,20). The molecule has 0 unspecified atom stereocenters. The molecule has 10 nitrogen and oxygen atoms in total. The molecule has 12 heteroatoms. The Morgan fingerprint density at radius 2 is 1.16 bits per heavy atom. The molecule has 0 spiro atoms. The van der Waals surface area contributed by atoms with Gasteiger partial charge in [0, 0.05) is 11.4 Å². The molecule has 2 aliphatic heterocycles. The Labute approximate surface area is 303 Å². The topological polar surface area (TPSA) is 159 Å². The number of carbonyl (C=O) groups is 2. The average Bonchev–Trinajstić information content (AvgIpc) is 3.36. The van der Waals surface area contributed by atoms with Crippen LogP contribution in [0.15, 0.2) is 132 Å². The fraction of sp³-hybridized carbons (Fsp3) is 0.0256. The molecular weight excluding hydrogens is 677 g/mol. The summed E-state index contributed by atoms with van der Waals surface area (Å²) in [4.78, 5) is 29.5. The van der Waals surface area contributed by atoms with Gasteiger partial charge >= 0.3 is 0 Å². The lowest BCUT2D eigenvalue weighted by Gasteiger charge is -2.10. The third-order valence-corrected chi connectivity index (χ3v) is 9.08. The van der Waals surface area contributed by atoms with E-state index in [1.165, 1.54) is 28.1 Å². The summed E-state index contributed by atoms with van der Waals surface area (Å²) in [6.07, 6.45) is 0. The van der Waals surface area contributed by atoms with Crippen molar-refractivity contribution in [2.24, 2.45) is 16.5 Å². The Bertz CT molecular complexity index is 2360. The Balaban J connectivity index is 0.000000175. The zero-order chi connectivity index (χ0) is 35.3. The van der Waals surface area contributed by atoms with Crippen molar-refractivity contribution in [3.05, 3.63) is 144 Å². The number of thioether (sulfide) groups is 1. The maximum Gasteiger partial charge on any atom is 0.257 e. The first-order valence-electron chi connectivity index (χ1n) is 15.9. The molecule has 2 aliphatic rings. The molecule has 6 aromatic carbocycles. The summed E-state index contributed by atoms with van der Waals surface area (Å²) >= 11 is 6.27. The van der Waals surface area contributed by atoms with Gasteiger partial charge in [-0.2, -0.15) is 0 Å². The number of anilines is 7. The van der Waals surface area contributed by atoms with Crippen molar-refractivity contribution in [3.8, 4) is 0 Å². The van der Waals surface area contributed by atoms with Gasteiger partial charge in [0.2, 0.25) is 0 Å². The van der Waals surface area contributed by atoms with Crippen molar-refractivity contribution >= 4 is 102 Å². The number of rotatable bonds is 4. The fourth-order valence-corrected chi connectivity index (χ4v) is 6.46. The first kappa shape index (κ1) is 33.1. The first-order chi connectivity index (χ1) is 24.8. The predicted octanol–water partition coefficient (Wildman–Crippen LogP) is 8.68. The zero-order valence-corrected chi connectivity index (χ0v) is 28.7. The van der Waals surface area contributed by atoms with Crippen LogP contribution in [0.4, 0.5) is 45.5 Å². The van der Waals surface area contributed by atoms with Crippen LogP contribution in [0.3, 0.4) is 0 Å². The van der Waals surface area contributed by atoms with Crippen molar-refractivity contribution in [2.75, 3.05) is 26.6 Å². The van der Waals surface area contributed by atoms with Crippen LogP contribution in [-0.4, -0.2) is 22.1 Å². The molecule has 9 N–H and O–H groups in total. The van der Waals surface area contributed by atoms with Crippen molar-refractivity contribution in [2.45, 2.75) is 5.75 Å². The Morgan fingerprint density at radius 1 is 0.608 bits per heavy atom. The Hall–Kier alpha value is -6.37. The lowest BCUT2D eigenvalue weighted by atomic mass is 10.1. The third kappa shape index (κ3) is 7.77. The summed E-state index contributed by atoms with van der Waals surface area (Å²) in [6.45, 7) is 0. The molecule has 0 atom stereocenters. The number of carbonyl (C=O) groups excluding carboxylic acids is 2. The van der Waals surface area contributed by atoms with Gasteiger partial charge in [-0.05, 0) is 89.2 Å². The minimum absolute atomic E-state index is 0.162. The van der Waals surface area contributed by atoms with Crippen LogP contribution in [0.25, 0.3) is 10.8 Å². The van der Waals surface area contributed by atoms with Crippen LogP contribution >= 0.6 is 24.0 Å². The van der Waals surface area contributed by atoms with Crippen LogP contribution in [0.1, 0.15) is 26.3 Å². The van der Waals surface area contributed by atoms with E-state index in [0.717, 1.165) is 39.9 Å². The molecule has 0 aromatic heterocycles. The van der Waals surface area contributed by atoms with E-state index in [1.54, 1.807) is 12.1 Å². The second-order valence-electron chi connectivity index (χ2n) is 11.6. The van der Waals surface area contributed by atoms with Crippen molar-refractivity contribution in [3.63, 3.8) is 0 Å². The quantitative estimate of drug-likeness (QED) is 0.0540. The van der Waals surface area contributed by atoms with Crippen LogP contribution in [-0.2, 0) is 5.75 Å². The second kappa shape index (κ2) is 14.6. The number of amides is 2. The van der Waals surface area contributed by atoms with Crippen LogP contribution in [0.5, 0.6) is 0 Å². The zero-order valence-electron chi connectivity index (χ0n) is 27.1. The number of aliphatic imine (C=N–C) groups is 1. The number of nitrogens with zero attached hydrogens (tertiary/aromatic N) is 1. The van der Waals surface area contributed by atoms with E-state index >= 15 is 0 Å². The van der Waals surface area contributed by atoms with E-state index in [1.807, 2.05) is 84.9 Å². The van der Waals surface area contributed by atoms with Crippen molar-refractivity contribution < 1.29 is 9.59 Å². The number of fused-ring (bicyclic) bond motifs is 5. The predicted molar refractivity (Wildman–Crippen MR) is 215 cm³/mol. The highest BCUT2D eigenvalue weighted by Gasteiger charge is 2.20. The van der Waals surface area contributed by atoms with Crippen LogP contribution < -0.4 is 38.1 Å². The highest BCUT2D eigenvalue weighted by atomic mass is 32.2. The molecule has 0 saturated heterocycles. The van der Waals surface area contributed by atoms with Gasteiger partial charge < -0.3 is 38.1 Å². The summed E-state index contributed by atoms with van der Waals surface area (Å²) in [5.41, 5.74) is 19.9. The van der Waals surface area contributed by atoms with Crippen LogP contribution in [0.2, 0.25) is 0 Å². The Kier molecular flexibility index (Phi) is 9.50. The minimum atomic E-state index is -0.177. The van der Waals surface area contributed by atoms with E-state index in [4.69, 9.17) is 23.7 Å². The van der Waals surface area contributed by atoms with E-state index < -0.39 is 0 Å². The van der Waals surface area contributed by atoms with Crippen LogP contribution in [0, 0.1) is 0 Å². The number of benzene rings is 6. The number of amidine groups is 1. The summed E-state index contributed by atoms with van der Waals surface area (Å²) in [6, 6.07) is 40.6. The second-order valence-corrected chi connectivity index (χ2v) is 13.1. The fourth-order valence-electron chi connectivity index (χ4n) is 5.68. The lowest BCUT2D eigenvalue weighted by Crippen LogP contribution is -2.19. The number of nitrogens with two attached hydrogens (primary N) is 2. The third-order valence-electron chi connectivity index (χ3n) is 8.11. The normalized spacial score (nSPS) is 12.7. The number of thiocarbonyl (C=S) groups is 1. The highest BCUT2D eigenvalue weighted by Crippen LogP contribution is 2.35. The molecule has 0 aliphatic carbocycles. The molecule has 0 saturated carbocycles. The smallest absolute Gasteiger partial charge is 0.257 e. The summed E-state index contributed by atoms with van der Waals surface area (Å²) in [5, 5.41) is 18.2. The molecule has 2 amide bonds. The summed E-state index contributed by atoms with van der Waals surface area (Å²) < 4.78 is 0. The Morgan fingerprint density at radius 3 is 1.78 bits per heavy atom. The van der Waals surface area contributed by atoms with Gasteiger partial charge in [0.15, 0.2) is 10.3 Å². The van der Waals surface area contributed by atoms with Gasteiger partial charge in [0.25, 0.3) is 11.8 Å². The molecule has 0 radical (unpaired) electrons. The van der Waals surface area contributed by atoms with Gasteiger partial charge in [0.1, 0.15) is 0 Å². The average molecular weight is 709 g/mol.